The molecule has 2 saturated carbocycles. The van der Waals surface area contributed by atoms with Gasteiger partial charge in [-0.3, -0.25) is 9.52 Å². The van der Waals surface area contributed by atoms with E-state index in [1.807, 2.05) is 12.1 Å². The lowest BCUT2D eigenvalue weighted by molar-refractivity contribution is 0.0948. The van der Waals surface area contributed by atoms with Crippen LogP contribution >= 0.6 is 0 Å². The fourth-order valence-corrected chi connectivity index (χ4v) is 5.49. The maximum Gasteiger partial charge on any atom is 0.261 e. The third-order valence-electron chi connectivity index (χ3n) is 6.50. The lowest BCUT2D eigenvalue weighted by Crippen LogP contribution is -2.25. The molecule has 35 heavy (non-hydrogen) atoms. The van der Waals surface area contributed by atoms with Crippen LogP contribution in [0.2, 0.25) is 0 Å². The number of carbonyl (C=O) groups is 1. The van der Waals surface area contributed by atoms with Crippen molar-refractivity contribution < 1.29 is 17.9 Å². The van der Waals surface area contributed by atoms with Gasteiger partial charge in [-0.1, -0.05) is 37.5 Å². The van der Waals surface area contributed by atoms with Crippen LogP contribution in [0.15, 0.2) is 71.8 Å². The van der Waals surface area contributed by atoms with Crippen molar-refractivity contribution in [3.63, 3.8) is 0 Å². The zero-order chi connectivity index (χ0) is 24.3. The Morgan fingerprint density at radius 2 is 1.69 bits per heavy atom. The summed E-state index contributed by atoms with van der Waals surface area (Å²) in [5, 5.41) is 2.93. The first kappa shape index (κ1) is 23.4. The molecule has 2 aliphatic rings. The molecule has 1 aromatic heterocycles. The smallest absolute Gasteiger partial charge is 0.261 e. The fraction of sp³-hybridized carbons (Fsp3) is 0.333. The first-order valence-electron chi connectivity index (χ1n) is 12.1. The summed E-state index contributed by atoms with van der Waals surface area (Å²) in [4.78, 5) is 16.9. The van der Waals surface area contributed by atoms with Gasteiger partial charge in [0, 0.05) is 18.3 Å². The summed E-state index contributed by atoms with van der Waals surface area (Å²) in [5.41, 5.74) is 1.90. The third-order valence-corrected chi connectivity index (χ3v) is 7.89. The first-order chi connectivity index (χ1) is 17.0. The summed E-state index contributed by atoms with van der Waals surface area (Å²) in [6, 6.07) is 17.4. The van der Waals surface area contributed by atoms with Crippen molar-refractivity contribution in [2.45, 2.75) is 61.8 Å². The minimum atomic E-state index is -3.76. The zero-order valence-corrected chi connectivity index (χ0v) is 20.3. The van der Waals surface area contributed by atoms with E-state index in [4.69, 9.17) is 4.74 Å². The highest BCUT2D eigenvalue weighted by atomic mass is 32.2. The number of nitrogens with one attached hydrogen (secondary N) is 2. The second-order valence-electron chi connectivity index (χ2n) is 9.24. The Labute approximate surface area is 206 Å². The molecule has 0 bridgehead atoms. The Morgan fingerprint density at radius 3 is 2.43 bits per heavy atom. The van der Waals surface area contributed by atoms with Crippen LogP contribution in [0, 0.1) is 0 Å². The van der Waals surface area contributed by atoms with Crippen LogP contribution in [0.1, 0.15) is 66.8 Å². The van der Waals surface area contributed by atoms with Gasteiger partial charge >= 0.3 is 0 Å². The Kier molecular flexibility index (Phi) is 6.72. The molecule has 1 amide bonds. The van der Waals surface area contributed by atoms with E-state index >= 15 is 0 Å². The molecule has 2 aliphatic carbocycles. The normalized spacial score (nSPS) is 16.5. The van der Waals surface area contributed by atoms with E-state index in [9.17, 15) is 13.2 Å². The lowest BCUT2D eigenvalue weighted by atomic mass is 9.84. The molecule has 2 aromatic carbocycles. The van der Waals surface area contributed by atoms with Gasteiger partial charge in [0.15, 0.2) is 0 Å². The molecule has 0 saturated heterocycles. The number of rotatable bonds is 8. The summed E-state index contributed by atoms with van der Waals surface area (Å²) in [6.45, 7) is 0. The zero-order valence-electron chi connectivity index (χ0n) is 19.4. The number of sulfonamides is 1. The molecule has 8 heteroatoms. The highest BCUT2D eigenvalue weighted by molar-refractivity contribution is 7.92. The van der Waals surface area contributed by atoms with Crippen molar-refractivity contribution >= 4 is 21.6 Å². The molecule has 2 N–H and O–H groups in total. The van der Waals surface area contributed by atoms with Gasteiger partial charge in [0.1, 0.15) is 11.3 Å². The summed E-state index contributed by atoms with van der Waals surface area (Å²) >= 11 is 0. The van der Waals surface area contributed by atoms with Gasteiger partial charge in [0.05, 0.1) is 10.6 Å². The maximum absolute atomic E-state index is 13.0. The van der Waals surface area contributed by atoms with Crippen LogP contribution in [0.3, 0.4) is 0 Å². The van der Waals surface area contributed by atoms with Crippen molar-refractivity contribution in [3.8, 4) is 11.6 Å². The Bertz CT molecular complexity index is 1300. The largest absolute Gasteiger partial charge is 0.438 e. The summed E-state index contributed by atoms with van der Waals surface area (Å²) < 4.78 is 34.5. The van der Waals surface area contributed by atoms with E-state index in [0.717, 1.165) is 25.7 Å². The molecular formula is C27H29N3O4S. The number of amides is 1. The van der Waals surface area contributed by atoms with Gasteiger partial charge in [-0.25, -0.2) is 13.4 Å². The molecular weight excluding hydrogens is 462 g/mol. The van der Waals surface area contributed by atoms with Crippen LogP contribution in [0.5, 0.6) is 11.6 Å². The SMILES string of the molecule is O=C(NC1CC1)c1cccnc1Oc1cccc(NS(=O)(=O)c2ccc(C3CCCCC3)cc2)c1. The van der Waals surface area contributed by atoms with Crippen LogP contribution in [0.4, 0.5) is 5.69 Å². The maximum atomic E-state index is 13.0. The second-order valence-corrected chi connectivity index (χ2v) is 10.9. The molecule has 5 rings (SSSR count). The van der Waals surface area contributed by atoms with Gasteiger partial charge in [0.2, 0.25) is 5.88 Å². The number of carbonyl (C=O) groups excluding carboxylic acids is 1. The van der Waals surface area contributed by atoms with Gasteiger partial charge in [-0.2, -0.15) is 0 Å². The fourth-order valence-electron chi connectivity index (χ4n) is 4.44. The molecule has 182 valence electrons. The number of nitrogens with zero attached hydrogens (tertiary/aromatic N) is 1. The van der Waals surface area contributed by atoms with Crippen LogP contribution < -0.4 is 14.8 Å². The number of aromatic nitrogens is 1. The average molecular weight is 492 g/mol. The van der Waals surface area contributed by atoms with E-state index in [0.29, 0.717) is 22.9 Å². The molecule has 0 atom stereocenters. The highest BCUT2D eigenvalue weighted by Gasteiger charge is 2.25. The topological polar surface area (TPSA) is 97.4 Å². The van der Waals surface area contributed by atoms with E-state index in [2.05, 4.69) is 15.0 Å². The predicted molar refractivity (Wildman–Crippen MR) is 134 cm³/mol. The van der Waals surface area contributed by atoms with E-state index in [1.165, 1.54) is 24.8 Å². The van der Waals surface area contributed by atoms with Crippen molar-refractivity contribution in [1.29, 1.82) is 0 Å². The van der Waals surface area contributed by atoms with E-state index in [1.54, 1.807) is 54.7 Å². The minimum absolute atomic E-state index is 0.170. The highest BCUT2D eigenvalue weighted by Crippen LogP contribution is 2.33. The number of hydrogen-bond donors (Lipinski definition) is 2. The quantitative estimate of drug-likeness (QED) is 0.427. The molecule has 0 aliphatic heterocycles. The number of anilines is 1. The van der Waals surface area contributed by atoms with Crippen molar-refractivity contribution in [3.05, 3.63) is 78.0 Å². The summed E-state index contributed by atoms with van der Waals surface area (Å²) in [7, 11) is -3.76. The monoisotopic (exact) mass is 491 g/mol. The molecule has 0 radical (unpaired) electrons. The number of ether oxygens (including phenoxy) is 1. The summed E-state index contributed by atoms with van der Waals surface area (Å²) in [6.07, 6.45) is 9.58. The molecule has 0 unspecified atom stereocenters. The molecule has 3 aromatic rings. The van der Waals surface area contributed by atoms with Gasteiger partial charge in [0.25, 0.3) is 15.9 Å². The van der Waals surface area contributed by atoms with Crippen LogP contribution in [-0.4, -0.2) is 25.4 Å². The lowest BCUT2D eigenvalue weighted by Gasteiger charge is -2.22. The Balaban J connectivity index is 1.29. The summed E-state index contributed by atoms with van der Waals surface area (Å²) in [5.74, 6) is 0.829. The number of benzene rings is 2. The van der Waals surface area contributed by atoms with Crippen LogP contribution in [-0.2, 0) is 10.0 Å². The second kappa shape index (κ2) is 10.1. The number of pyridine rings is 1. The predicted octanol–water partition coefficient (Wildman–Crippen LogP) is 5.61. The van der Waals surface area contributed by atoms with Gasteiger partial charge in [-0.15, -0.1) is 0 Å². The average Bonchev–Trinajstić information content (AvgIpc) is 3.69. The van der Waals surface area contributed by atoms with E-state index < -0.39 is 10.0 Å². The van der Waals surface area contributed by atoms with Crippen molar-refractivity contribution in [1.82, 2.24) is 10.3 Å². The van der Waals surface area contributed by atoms with Gasteiger partial charge < -0.3 is 10.1 Å². The minimum Gasteiger partial charge on any atom is -0.438 e. The Morgan fingerprint density at radius 1 is 0.914 bits per heavy atom. The molecule has 2 fully saturated rings. The van der Waals surface area contributed by atoms with Crippen molar-refractivity contribution in [2.75, 3.05) is 4.72 Å². The molecule has 1 heterocycles. The van der Waals surface area contributed by atoms with E-state index in [-0.39, 0.29) is 22.7 Å². The standard InChI is InChI=1S/C27H29N3O4S/c31-26(29-21-13-14-21)25-10-5-17-28-27(25)34-23-9-4-8-22(18-23)30-35(32,33)24-15-11-20(12-16-24)19-6-2-1-3-7-19/h4-5,8-12,15-19,21,30H,1-3,6-7,13-14H2,(H,29,31). The van der Waals surface area contributed by atoms with Crippen LogP contribution in [0.25, 0.3) is 0 Å². The number of hydrogen-bond acceptors (Lipinski definition) is 5. The molecule has 7 nitrogen and oxygen atoms in total. The van der Waals surface area contributed by atoms with Crippen molar-refractivity contribution in [2.24, 2.45) is 0 Å². The Hall–Kier alpha value is -3.39. The van der Waals surface area contributed by atoms with Gasteiger partial charge in [-0.05, 0) is 73.6 Å². The molecule has 0 spiro atoms. The first-order valence-corrected chi connectivity index (χ1v) is 13.6. The third kappa shape index (κ3) is 5.82.